The van der Waals surface area contributed by atoms with Gasteiger partial charge in [-0.05, 0) is 58.7 Å². The fraction of sp³-hybridized carbons (Fsp3) is 0.0200. The van der Waals surface area contributed by atoms with E-state index < -0.39 is 0 Å². The van der Waals surface area contributed by atoms with Gasteiger partial charge in [-0.15, -0.1) is 22.7 Å². The molecule has 1 aliphatic rings. The predicted octanol–water partition coefficient (Wildman–Crippen LogP) is 14.0. The molecule has 0 saturated heterocycles. The lowest BCUT2D eigenvalue weighted by molar-refractivity contribution is 1.07. The predicted molar refractivity (Wildman–Crippen MR) is 235 cm³/mol. The van der Waals surface area contributed by atoms with Crippen LogP contribution in [0.3, 0.4) is 0 Å². The summed E-state index contributed by atoms with van der Waals surface area (Å²) in [4.78, 5) is 20.6. The van der Waals surface area contributed by atoms with Crippen LogP contribution >= 0.6 is 22.7 Å². The van der Waals surface area contributed by atoms with E-state index in [4.69, 9.17) is 15.0 Å². The van der Waals surface area contributed by atoms with Crippen molar-refractivity contribution in [3.63, 3.8) is 0 Å². The van der Waals surface area contributed by atoms with E-state index >= 15 is 0 Å². The monoisotopic (exact) mass is 752 g/mol. The van der Waals surface area contributed by atoms with Gasteiger partial charge in [-0.3, -0.25) is 0 Å². The summed E-state index contributed by atoms with van der Waals surface area (Å²) in [6.45, 7) is 0. The van der Waals surface area contributed by atoms with Crippen molar-refractivity contribution in [1.82, 2.24) is 15.0 Å². The highest BCUT2D eigenvalue weighted by Gasteiger charge is 2.31. The first kappa shape index (κ1) is 32.7. The van der Waals surface area contributed by atoms with Crippen molar-refractivity contribution in [2.75, 3.05) is 4.90 Å². The topological polar surface area (TPSA) is 41.9 Å². The minimum absolute atomic E-state index is 0.637. The fourth-order valence-corrected chi connectivity index (χ4v) is 10.3. The molecule has 3 aromatic heterocycles. The lowest BCUT2D eigenvalue weighted by Gasteiger charge is -2.30. The van der Waals surface area contributed by atoms with E-state index in [9.17, 15) is 0 Å². The summed E-state index contributed by atoms with van der Waals surface area (Å²) in [5.41, 5.74) is 11.2. The first-order chi connectivity index (χ1) is 27.7. The molecule has 0 saturated carbocycles. The highest BCUT2D eigenvalue weighted by molar-refractivity contribution is 7.21. The van der Waals surface area contributed by atoms with Crippen LogP contribution in [0, 0.1) is 0 Å². The van der Waals surface area contributed by atoms with Gasteiger partial charge >= 0.3 is 0 Å². The normalized spacial score (nSPS) is 12.2. The van der Waals surface area contributed by atoms with Gasteiger partial charge in [0.1, 0.15) is 0 Å². The van der Waals surface area contributed by atoms with Gasteiger partial charge in [-0.25, -0.2) is 15.0 Å². The van der Waals surface area contributed by atoms with Crippen LogP contribution in [0.5, 0.6) is 0 Å². The molecule has 0 spiro atoms. The van der Waals surface area contributed by atoms with E-state index in [2.05, 4.69) is 175 Å². The average Bonchev–Trinajstić information content (AvgIpc) is 3.84. The highest BCUT2D eigenvalue weighted by atomic mass is 32.1. The van der Waals surface area contributed by atoms with Crippen LogP contribution < -0.4 is 4.90 Å². The molecule has 264 valence electrons. The Bertz CT molecular complexity index is 2840. The Kier molecular flexibility index (Phi) is 7.90. The SMILES string of the molecule is c1ccc(-c2ccc(-c3nc(-c4ccc(-c5ccccc5)cc4)nc(-c4ccc(N5c6c(sc7ccccc67)Cc6sc7ccccc7c65)cc4)n3)cc2)cc1. The zero-order chi connectivity index (χ0) is 37.0. The lowest BCUT2D eigenvalue weighted by atomic mass is 10.0. The molecule has 0 aliphatic carbocycles. The number of thiophene rings is 2. The van der Waals surface area contributed by atoms with Crippen LogP contribution in [0.4, 0.5) is 17.1 Å². The molecule has 6 heteroatoms. The lowest BCUT2D eigenvalue weighted by Crippen LogP contribution is -2.16. The molecule has 0 unspecified atom stereocenters. The van der Waals surface area contributed by atoms with Crippen molar-refractivity contribution in [3.8, 4) is 56.4 Å². The second kappa shape index (κ2) is 13.5. The second-order valence-electron chi connectivity index (χ2n) is 14.0. The first-order valence-electron chi connectivity index (χ1n) is 18.7. The van der Waals surface area contributed by atoms with Gasteiger partial charge in [-0.2, -0.15) is 0 Å². The number of anilines is 3. The summed E-state index contributed by atoms with van der Waals surface area (Å²) in [7, 11) is 0. The number of aromatic nitrogens is 3. The van der Waals surface area contributed by atoms with Gasteiger partial charge in [0.15, 0.2) is 17.5 Å². The summed E-state index contributed by atoms with van der Waals surface area (Å²) in [5.74, 6) is 1.92. The molecule has 0 radical (unpaired) electrons. The van der Waals surface area contributed by atoms with Gasteiger partial charge in [0.05, 0.1) is 11.4 Å². The van der Waals surface area contributed by atoms with Crippen molar-refractivity contribution in [2.45, 2.75) is 6.42 Å². The van der Waals surface area contributed by atoms with Crippen LogP contribution in [-0.2, 0) is 6.42 Å². The molecular weight excluding hydrogens is 721 g/mol. The van der Waals surface area contributed by atoms with Crippen LogP contribution in [0.2, 0.25) is 0 Å². The Hall–Kier alpha value is -6.73. The van der Waals surface area contributed by atoms with Gasteiger partial charge < -0.3 is 4.90 Å². The molecule has 0 N–H and O–H groups in total. The molecule has 0 fully saturated rings. The number of nitrogens with zero attached hydrogens (tertiary/aromatic N) is 4. The summed E-state index contributed by atoms with van der Waals surface area (Å²) in [6.07, 6.45) is 0.951. The fourth-order valence-electron chi connectivity index (χ4n) is 7.82. The van der Waals surface area contributed by atoms with Crippen LogP contribution in [0.1, 0.15) is 9.75 Å². The minimum Gasteiger partial charge on any atom is -0.307 e. The first-order valence-corrected chi connectivity index (χ1v) is 20.4. The molecule has 56 heavy (non-hydrogen) atoms. The molecule has 0 atom stereocenters. The maximum Gasteiger partial charge on any atom is 0.164 e. The number of hydrogen-bond acceptors (Lipinski definition) is 6. The smallest absolute Gasteiger partial charge is 0.164 e. The van der Waals surface area contributed by atoms with Crippen molar-refractivity contribution in [2.24, 2.45) is 0 Å². The molecule has 1 aliphatic heterocycles. The molecule has 0 amide bonds. The number of hydrogen-bond donors (Lipinski definition) is 0. The van der Waals surface area contributed by atoms with Crippen LogP contribution in [-0.4, -0.2) is 15.0 Å². The Morgan fingerprint density at radius 3 is 1.11 bits per heavy atom. The molecule has 4 nitrogen and oxygen atoms in total. The Labute approximate surface area is 332 Å². The van der Waals surface area contributed by atoms with E-state index in [1.54, 1.807) is 0 Å². The Morgan fingerprint density at radius 2 is 0.679 bits per heavy atom. The Balaban J connectivity index is 1.02. The van der Waals surface area contributed by atoms with E-state index in [0.29, 0.717) is 17.5 Å². The van der Waals surface area contributed by atoms with Crippen molar-refractivity contribution < 1.29 is 0 Å². The van der Waals surface area contributed by atoms with E-state index in [0.717, 1.165) is 39.9 Å². The zero-order valence-corrected chi connectivity index (χ0v) is 31.8. The highest BCUT2D eigenvalue weighted by Crippen LogP contribution is 2.55. The molecule has 11 rings (SSSR count). The summed E-state index contributed by atoms with van der Waals surface area (Å²) < 4.78 is 2.63. The van der Waals surface area contributed by atoms with E-state index in [1.807, 2.05) is 34.8 Å². The second-order valence-corrected chi connectivity index (χ2v) is 16.3. The maximum atomic E-state index is 5.11. The van der Waals surface area contributed by atoms with Gasteiger partial charge in [0, 0.05) is 58.7 Å². The van der Waals surface area contributed by atoms with E-state index in [-0.39, 0.29) is 0 Å². The largest absolute Gasteiger partial charge is 0.307 e. The Morgan fingerprint density at radius 1 is 0.339 bits per heavy atom. The van der Waals surface area contributed by atoms with Gasteiger partial charge in [0.2, 0.25) is 0 Å². The summed E-state index contributed by atoms with van der Waals surface area (Å²) in [6, 6.07) is 64.2. The molecule has 0 bridgehead atoms. The molecular formula is C50H32N4S2. The van der Waals surface area contributed by atoms with Gasteiger partial charge in [-0.1, -0.05) is 146 Å². The maximum absolute atomic E-state index is 5.11. The quantitative estimate of drug-likeness (QED) is 0.170. The molecule has 10 aromatic rings. The number of benzene rings is 7. The minimum atomic E-state index is 0.637. The number of rotatable bonds is 6. The molecule has 4 heterocycles. The average molecular weight is 753 g/mol. The van der Waals surface area contributed by atoms with Gasteiger partial charge in [0.25, 0.3) is 0 Å². The third kappa shape index (κ3) is 5.70. The standard InChI is InChI=1S/C50H32N4S2/c1-3-11-32(12-4-1)34-19-23-36(24-20-34)48-51-49(37-25-21-35(22-26-37)33-13-5-2-6-14-33)53-50(52-48)38-27-29-39(30-28-38)54-46-40-15-7-9-17-42(40)55-44(46)31-45-47(54)41-16-8-10-18-43(41)56-45/h1-30H,31H2. The van der Waals surface area contributed by atoms with Crippen molar-refractivity contribution in [1.29, 1.82) is 0 Å². The van der Waals surface area contributed by atoms with Crippen LogP contribution in [0.25, 0.3) is 76.6 Å². The summed E-state index contributed by atoms with van der Waals surface area (Å²) in [5, 5.41) is 2.58. The molecule has 7 aromatic carbocycles. The third-order valence-electron chi connectivity index (χ3n) is 10.6. The van der Waals surface area contributed by atoms with Crippen molar-refractivity contribution >= 4 is 59.9 Å². The van der Waals surface area contributed by atoms with Crippen LogP contribution in [0.15, 0.2) is 182 Å². The van der Waals surface area contributed by atoms with E-state index in [1.165, 1.54) is 52.4 Å². The summed E-state index contributed by atoms with van der Waals surface area (Å²) >= 11 is 3.82. The van der Waals surface area contributed by atoms with Crippen molar-refractivity contribution in [3.05, 3.63) is 192 Å². The number of fused-ring (bicyclic) bond motifs is 6. The third-order valence-corrected chi connectivity index (χ3v) is 12.9. The zero-order valence-electron chi connectivity index (χ0n) is 30.1.